The van der Waals surface area contributed by atoms with E-state index in [1.165, 1.54) is 11.1 Å². The molecule has 0 bridgehead atoms. The average molecular weight is 490 g/mol. The Hall–Kier alpha value is -3.01. The van der Waals surface area contributed by atoms with Crippen LogP contribution in [-0.4, -0.2) is 24.2 Å². The van der Waals surface area contributed by atoms with Crippen molar-refractivity contribution < 1.29 is 14.6 Å². The third-order valence-corrected chi connectivity index (χ3v) is 7.74. The van der Waals surface area contributed by atoms with E-state index >= 15 is 0 Å². The molecule has 4 heteroatoms. The smallest absolute Gasteiger partial charge is 0.224 e. The Morgan fingerprint density at radius 3 is 2.36 bits per heavy atom. The standard InChI is InChI=1S/C32H43NO3/c1-7-31(3,4)25-17-18-28(27(22-25)32(5,6)8-2)36-20-12-11-19-33-29(34)21-24-16-15-23-13-9-10-14-26(23)30(24)35/h9-10,13-18,22,35H,7-8,11-12,19-21H2,1-6H3,(H,33,34). The van der Waals surface area contributed by atoms with Crippen molar-refractivity contribution in [3.8, 4) is 11.5 Å². The third-order valence-electron chi connectivity index (χ3n) is 7.74. The van der Waals surface area contributed by atoms with Gasteiger partial charge >= 0.3 is 0 Å². The number of phenolic OH excluding ortho intramolecular Hbond substituents is 1. The monoisotopic (exact) mass is 489 g/mol. The highest BCUT2D eigenvalue weighted by Gasteiger charge is 2.26. The van der Waals surface area contributed by atoms with Crippen molar-refractivity contribution in [2.24, 2.45) is 0 Å². The zero-order valence-corrected chi connectivity index (χ0v) is 22.9. The summed E-state index contributed by atoms with van der Waals surface area (Å²) >= 11 is 0. The maximum atomic E-state index is 12.4. The van der Waals surface area contributed by atoms with Gasteiger partial charge < -0.3 is 15.2 Å². The molecule has 0 heterocycles. The van der Waals surface area contributed by atoms with Crippen LogP contribution in [0.1, 0.15) is 83.9 Å². The van der Waals surface area contributed by atoms with Crippen LogP contribution in [0.4, 0.5) is 0 Å². The van der Waals surface area contributed by atoms with Gasteiger partial charge in [-0.3, -0.25) is 4.79 Å². The van der Waals surface area contributed by atoms with Crippen LogP contribution >= 0.6 is 0 Å². The van der Waals surface area contributed by atoms with E-state index < -0.39 is 0 Å². The number of nitrogens with one attached hydrogen (secondary N) is 1. The van der Waals surface area contributed by atoms with Gasteiger partial charge in [0.25, 0.3) is 0 Å². The van der Waals surface area contributed by atoms with E-state index in [2.05, 4.69) is 65.1 Å². The van der Waals surface area contributed by atoms with Crippen molar-refractivity contribution in [2.75, 3.05) is 13.2 Å². The van der Waals surface area contributed by atoms with Crippen LogP contribution in [0.5, 0.6) is 11.5 Å². The number of rotatable bonds is 12. The molecule has 36 heavy (non-hydrogen) atoms. The fourth-order valence-electron chi connectivity index (χ4n) is 4.32. The molecule has 0 spiro atoms. The molecule has 2 N–H and O–H groups in total. The summed E-state index contributed by atoms with van der Waals surface area (Å²) in [6.45, 7) is 14.8. The minimum atomic E-state index is -0.0809. The third kappa shape index (κ3) is 6.60. The SMILES string of the molecule is CCC(C)(C)c1ccc(OCCCCNC(=O)Cc2ccc3ccccc3c2O)c(C(C)(C)CC)c1. The minimum absolute atomic E-state index is 0.0391. The van der Waals surface area contributed by atoms with E-state index in [1.54, 1.807) is 0 Å². The highest BCUT2D eigenvalue weighted by atomic mass is 16.5. The predicted molar refractivity (Wildman–Crippen MR) is 150 cm³/mol. The summed E-state index contributed by atoms with van der Waals surface area (Å²) < 4.78 is 6.24. The van der Waals surface area contributed by atoms with Gasteiger partial charge in [0, 0.05) is 23.1 Å². The Bertz CT molecular complexity index is 1180. The van der Waals surface area contributed by atoms with E-state index in [-0.39, 0.29) is 28.9 Å². The van der Waals surface area contributed by atoms with Crippen LogP contribution in [0.15, 0.2) is 54.6 Å². The lowest BCUT2D eigenvalue weighted by Gasteiger charge is -2.30. The van der Waals surface area contributed by atoms with E-state index in [0.717, 1.165) is 42.2 Å². The molecular weight excluding hydrogens is 446 g/mol. The molecule has 0 aliphatic carbocycles. The van der Waals surface area contributed by atoms with E-state index in [0.29, 0.717) is 18.7 Å². The second-order valence-corrected chi connectivity index (χ2v) is 11.1. The fraction of sp³-hybridized carbons (Fsp3) is 0.469. The van der Waals surface area contributed by atoms with Gasteiger partial charge in [-0.2, -0.15) is 0 Å². The van der Waals surface area contributed by atoms with Gasteiger partial charge in [-0.15, -0.1) is 0 Å². The topological polar surface area (TPSA) is 58.6 Å². The summed E-state index contributed by atoms with van der Waals surface area (Å²) in [6.07, 6.45) is 3.99. The Balaban J connectivity index is 1.50. The number of hydrogen-bond acceptors (Lipinski definition) is 3. The van der Waals surface area contributed by atoms with Gasteiger partial charge in [0.15, 0.2) is 0 Å². The van der Waals surface area contributed by atoms with Crippen LogP contribution in [0, 0.1) is 0 Å². The molecule has 0 aromatic heterocycles. The normalized spacial score (nSPS) is 12.1. The van der Waals surface area contributed by atoms with E-state index in [9.17, 15) is 9.90 Å². The first kappa shape index (κ1) is 27.6. The fourth-order valence-corrected chi connectivity index (χ4v) is 4.32. The van der Waals surface area contributed by atoms with Crippen LogP contribution in [0.25, 0.3) is 10.8 Å². The van der Waals surface area contributed by atoms with E-state index in [4.69, 9.17) is 4.74 Å². The first-order chi connectivity index (χ1) is 17.1. The summed E-state index contributed by atoms with van der Waals surface area (Å²) in [4.78, 5) is 12.4. The zero-order chi connectivity index (χ0) is 26.3. The van der Waals surface area contributed by atoms with Gasteiger partial charge in [0.05, 0.1) is 13.0 Å². The van der Waals surface area contributed by atoms with Gasteiger partial charge in [0.2, 0.25) is 5.91 Å². The predicted octanol–water partition coefficient (Wildman–Crippen LogP) is 7.44. The molecule has 3 aromatic carbocycles. The van der Waals surface area contributed by atoms with Crippen LogP contribution in [0.2, 0.25) is 0 Å². The number of unbranched alkanes of at least 4 members (excludes halogenated alkanes) is 1. The summed E-state index contributed by atoms with van der Waals surface area (Å²) in [7, 11) is 0. The maximum Gasteiger partial charge on any atom is 0.224 e. The van der Waals surface area contributed by atoms with Gasteiger partial charge in [0.1, 0.15) is 11.5 Å². The molecule has 0 radical (unpaired) electrons. The van der Waals surface area contributed by atoms with Crippen LogP contribution in [-0.2, 0) is 22.0 Å². The summed E-state index contributed by atoms with van der Waals surface area (Å²) in [6, 6.07) is 18.1. The Labute approximate surface area is 217 Å². The molecule has 0 aliphatic rings. The number of aromatic hydroxyl groups is 1. The average Bonchev–Trinajstić information content (AvgIpc) is 2.87. The summed E-state index contributed by atoms with van der Waals surface area (Å²) in [5.41, 5.74) is 3.45. The van der Waals surface area contributed by atoms with Crippen molar-refractivity contribution in [1.29, 1.82) is 0 Å². The van der Waals surface area contributed by atoms with Gasteiger partial charge in [-0.05, 0) is 53.5 Å². The van der Waals surface area contributed by atoms with E-state index in [1.807, 2.05) is 36.4 Å². The minimum Gasteiger partial charge on any atom is -0.507 e. The maximum absolute atomic E-state index is 12.4. The highest BCUT2D eigenvalue weighted by molar-refractivity contribution is 5.91. The molecule has 0 atom stereocenters. The molecule has 0 unspecified atom stereocenters. The molecule has 4 nitrogen and oxygen atoms in total. The van der Waals surface area contributed by atoms with Crippen LogP contribution < -0.4 is 10.1 Å². The van der Waals surface area contributed by atoms with Crippen molar-refractivity contribution in [3.63, 3.8) is 0 Å². The number of carbonyl (C=O) groups excluding carboxylic acids is 1. The lowest BCUT2D eigenvalue weighted by Crippen LogP contribution is -2.26. The van der Waals surface area contributed by atoms with Crippen molar-refractivity contribution >= 4 is 16.7 Å². The summed E-state index contributed by atoms with van der Waals surface area (Å²) in [5.74, 6) is 1.08. The first-order valence-electron chi connectivity index (χ1n) is 13.3. The molecule has 3 aromatic rings. The zero-order valence-electron chi connectivity index (χ0n) is 22.9. The number of benzene rings is 3. The molecule has 0 aliphatic heterocycles. The summed E-state index contributed by atoms with van der Waals surface area (Å²) in [5, 5.41) is 15.2. The second-order valence-electron chi connectivity index (χ2n) is 11.1. The molecule has 3 rings (SSSR count). The number of ether oxygens (including phenoxy) is 1. The van der Waals surface area contributed by atoms with Crippen molar-refractivity contribution in [1.82, 2.24) is 5.32 Å². The lowest BCUT2D eigenvalue weighted by molar-refractivity contribution is -0.120. The number of fused-ring (bicyclic) bond motifs is 1. The Kier molecular flexibility index (Phi) is 9.05. The van der Waals surface area contributed by atoms with Crippen molar-refractivity contribution in [2.45, 2.75) is 84.5 Å². The first-order valence-corrected chi connectivity index (χ1v) is 13.3. The Morgan fingerprint density at radius 1 is 0.917 bits per heavy atom. The quantitative estimate of drug-likeness (QED) is 0.260. The largest absolute Gasteiger partial charge is 0.507 e. The van der Waals surface area contributed by atoms with Crippen molar-refractivity contribution in [3.05, 3.63) is 71.3 Å². The molecule has 0 saturated heterocycles. The Morgan fingerprint density at radius 2 is 1.64 bits per heavy atom. The second kappa shape index (κ2) is 11.8. The molecule has 0 fully saturated rings. The molecule has 194 valence electrons. The molecule has 1 amide bonds. The highest BCUT2D eigenvalue weighted by Crippen LogP contribution is 2.38. The molecular formula is C32H43NO3. The number of carbonyl (C=O) groups is 1. The number of hydrogen-bond donors (Lipinski definition) is 2. The molecule has 0 saturated carbocycles. The van der Waals surface area contributed by atoms with Gasteiger partial charge in [-0.1, -0.05) is 90.1 Å². The number of amides is 1. The lowest BCUT2D eigenvalue weighted by atomic mass is 9.76. The number of phenols is 1. The van der Waals surface area contributed by atoms with Gasteiger partial charge in [-0.25, -0.2) is 0 Å². The van der Waals surface area contributed by atoms with Crippen LogP contribution in [0.3, 0.4) is 0 Å².